The third-order valence-corrected chi connectivity index (χ3v) is 4.05. The van der Waals surface area contributed by atoms with E-state index in [0.29, 0.717) is 18.3 Å². The number of nitrogens with zero attached hydrogens (tertiary/aromatic N) is 1. The molecule has 0 aliphatic carbocycles. The minimum absolute atomic E-state index is 0.0772. The second kappa shape index (κ2) is 5.87. The Hall–Kier alpha value is -1.15. The van der Waals surface area contributed by atoms with Gasteiger partial charge in [-0.05, 0) is 24.3 Å². The molecule has 1 aliphatic rings. The lowest BCUT2D eigenvalue weighted by molar-refractivity contribution is 0.0439. The normalized spacial score (nSPS) is 17.2. The van der Waals surface area contributed by atoms with Gasteiger partial charge in [-0.3, -0.25) is 4.90 Å². The van der Waals surface area contributed by atoms with E-state index in [-0.39, 0.29) is 11.5 Å². The van der Waals surface area contributed by atoms with E-state index >= 15 is 0 Å². The van der Waals surface area contributed by atoms with Gasteiger partial charge in [-0.2, -0.15) is 0 Å². The molecule has 1 heterocycles. The lowest BCUT2D eigenvalue weighted by atomic mass is 10.0. The Morgan fingerprint density at radius 2 is 1.95 bits per heavy atom. The maximum Gasteiger partial charge on any atom is 0.238 e. The number of aliphatic hydroxyl groups excluding tert-OH is 1. The molecule has 1 saturated heterocycles. The highest BCUT2D eigenvalue weighted by Crippen LogP contribution is 2.16. The topological polar surface area (TPSA) is 92.9 Å². The van der Waals surface area contributed by atoms with Crippen molar-refractivity contribution in [2.45, 2.75) is 4.90 Å². The summed E-state index contributed by atoms with van der Waals surface area (Å²) >= 11 is 0. The molecule has 0 saturated carbocycles. The summed E-state index contributed by atoms with van der Waals surface area (Å²) in [7, 11) is -3.64. The van der Waals surface area contributed by atoms with Crippen LogP contribution in [0.15, 0.2) is 29.2 Å². The third kappa shape index (κ3) is 3.90. The first kappa shape index (κ1) is 14.3. The van der Waals surface area contributed by atoms with E-state index < -0.39 is 10.0 Å². The number of benzene rings is 1. The van der Waals surface area contributed by atoms with E-state index in [1.165, 1.54) is 12.1 Å². The van der Waals surface area contributed by atoms with Crippen LogP contribution in [-0.4, -0.2) is 51.3 Å². The highest BCUT2D eigenvalue weighted by atomic mass is 32.2. The molecule has 1 fully saturated rings. The van der Waals surface area contributed by atoms with E-state index in [1.54, 1.807) is 12.1 Å². The SMILES string of the molecule is NS(=O)(=O)c1ccc(OCCN2CC(CO)C2)cc1. The summed E-state index contributed by atoms with van der Waals surface area (Å²) in [6.45, 7) is 3.39. The van der Waals surface area contributed by atoms with Gasteiger partial charge in [-0.25, -0.2) is 13.6 Å². The summed E-state index contributed by atoms with van der Waals surface area (Å²) in [5.74, 6) is 1.01. The van der Waals surface area contributed by atoms with Crippen molar-refractivity contribution in [2.24, 2.45) is 11.1 Å². The van der Waals surface area contributed by atoms with Gasteiger partial charge in [0.2, 0.25) is 10.0 Å². The van der Waals surface area contributed by atoms with Crippen molar-refractivity contribution in [1.29, 1.82) is 0 Å². The average molecular weight is 286 g/mol. The molecule has 3 N–H and O–H groups in total. The van der Waals surface area contributed by atoms with Crippen LogP contribution in [0.1, 0.15) is 0 Å². The van der Waals surface area contributed by atoms with Gasteiger partial charge < -0.3 is 9.84 Å². The summed E-state index contributed by atoms with van der Waals surface area (Å²) < 4.78 is 27.6. The Kier molecular flexibility index (Phi) is 4.41. The number of hydrogen-bond donors (Lipinski definition) is 2. The van der Waals surface area contributed by atoms with Crippen molar-refractivity contribution >= 4 is 10.0 Å². The second-order valence-corrected chi connectivity index (χ2v) is 6.23. The number of sulfonamides is 1. The molecule has 2 rings (SSSR count). The molecule has 7 heteroatoms. The third-order valence-electron chi connectivity index (χ3n) is 3.12. The predicted molar refractivity (Wildman–Crippen MR) is 70.3 cm³/mol. The van der Waals surface area contributed by atoms with E-state index in [2.05, 4.69) is 4.90 Å². The summed E-state index contributed by atoms with van der Waals surface area (Å²) in [4.78, 5) is 2.27. The number of aliphatic hydroxyl groups is 1. The Bertz CT molecular complexity index is 509. The molecule has 0 unspecified atom stereocenters. The number of ether oxygens (including phenoxy) is 1. The molecular weight excluding hydrogens is 268 g/mol. The van der Waals surface area contributed by atoms with Gasteiger partial charge in [0.1, 0.15) is 12.4 Å². The first-order valence-electron chi connectivity index (χ1n) is 6.08. The molecule has 0 radical (unpaired) electrons. The van der Waals surface area contributed by atoms with Crippen molar-refractivity contribution in [3.05, 3.63) is 24.3 Å². The molecule has 0 aromatic heterocycles. The molecule has 0 amide bonds. The number of likely N-dealkylation sites (tertiary alicyclic amines) is 1. The standard InChI is InChI=1S/C12H18N2O4S/c13-19(16,17)12-3-1-11(2-4-12)18-6-5-14-7-10(8-14)9-15/h1-4,10,15H,5-9H2,(H2,13,16,17). The summed E-state index contributed by atoms with van der Waals surface area (Å²) in [5, 5.41) is 13.9. The summed E-state index contributed by atoms with van der Waals surface area (Å²) in [5.41, 5.74) is 0. The molecule has 1 aromatic rings. The van der Waals surface area contributed by atoms with Crippen LogP contribution in [-0.2, 0) is 10.0 Å². The van der Waals surface area contributed by atoms with E-state index in [0.717, 1.165) is 19.6 Å². The van der Waals surface area contributed by atoms with Crippen molar-refractivity contribution < 1.29 is 18.3 Å². The Morgan fingerprint density at radius 1 is 1.32 bits per heavy atom. The number of hydrogen-bond acceptors (Lipinski definition) is 5. The van der Waals surface area contributed by atoms with Crippen LogP contribution >= 0.6 is 0 Å². The van der Waals surface area contributed by atoms with Crippen LogP contribution in [0, 0.1) is 5.92 Å². The first-order valence-corrected chi connectivity index (χ1v) is 7.62. The van der Waals surface area contributed by atoms with Gasteiger partial charge in [-0.1, -0.05) is 0 Å². The van der Waals surface area contributed by atoms with E-state index in [1.807, 2.05) is 0 Å². The monoisotopic (exact) mass is 286 g/mol. The van der Waals surface area contributed by atoms with Crippen molar-refractivity contribution in [3.63, 3.8) is 0 Å². The molecule has 19 heavy (non-hydrogen) atoms. The smallest absolute Gasteiger partial charge is 0.238 e. The lowest BCUT2D eigenvalue weighted by Crippen LogP contribution is -2.49. The Balaban J connectivity index is 1.75. The van der Waals surface area contributed by atoms with Crippen molar-refractivity contribution in [3.8, 4) is 5.75 Å². The van der Waals surface area contributed by atoms with E-state index in [4.69, 9.17) is 15.0 Å². The largest absolute Gasteiger partial charge is 0.492 e. The zero-order valence-electron chi connectivity index (χ0n) is 10.5. The molecule has 6 nitrogen and oxygen atoms in total. The first-order chi connectivity index (χ1) is 8.99. The molecule has 1 aromatic carbocycles. The van der Waals surface area contributed by atoms with Crippen LogP contribution in [0.4, 0.5) is 0 Å². The minimum Gasteiger partial charge on any atom is -0.492 e. The predicted octanol–water partition coefficient (Wildman–Crippen LogP) is -0.363. The highest BCUT2D eigenvalue weighted by molar-refractivity contribution is 7.89. The minimum atomic E-state index is -3.64. The highest BCUT2D eigenvalue weighted by Gasteiger charge is 2.25. The quantitative estimate of drug-likeness (QED) is 0.745. The van der Waals surface area contributed by atoms with Gasteiger partial charge in [-0.15, -0.1) is 0 Å². The maximum absolute atomic E-state index is 11.1. The fourth-order valence-corrected chi connectivity index (χ4v) is 2.51. The molecule has 0 bridgehead atoms. The van der Waals surface area contributed by atoms with Gasteiger partial charge in [0, 0.05) is 32.2 Å². The van der Waals surface area contributed by atoms with E-state index in [9.17, 15) is 8.42 Å². The van der Waals surface area contributed by atoms with Gasteiger partial charge in [0.05, 0.1) is 4.90 Å². The molecule has 106 valence electrons. The summed E-state index contributed by atoms with van der Waals surface area (Å²) in [6.07, 6.45) is 0. The van der Waals surface area contributed by atoms with Crippen LogP contribution in [0.25, 0.3) is 0 Å². The molecular formula is C12H18N2O4S. The lowest BCUT2D eigenvalue weighted by Gasteiger charge is -2.37. The van der Waals surface area contributed by atoms with Crippen LogP contribution in [0.3, 0.4) is 0 Å². The van der Waals surface area contributed by atoms with Crippen molar-refractivity contribution in [2.75, 3.05) is 32.8 Å². The fourth-order valence-electron chi connectivity index (χ4n) is 1.99. The maximum atomic E-state index is 11.1. The number of rotatable bonds is 6. The molecule has 1 aliphatic heterocycles. The van der Waals surface area contributed by atoms with Crippen molar-refractivity contribution in [1.82, 2.24) is 4.90 Å². The average Bonchev–Trinajstić information content (AvgIpc) is 2.31. The second-order valence-electron chi connectivity index (χ2n) is 4.67. The molecule has 0 spiro atoms. The van der Waals surface area contributed by atoms with Crippen LogP contribution in [0.2, 0.25) is 0 Å². The van der Waals surface area contributed by atoms with Crippen LogP contribution in [0.5, 0.6) is 5.75 Å². The fraction of sp³-hybridized carbons (Fsp3) is 0.500. The zero-order valence-corrected chi connectivity index (χ0v) is 11.3. The van der Waals surface area contributed by atoms with Gasteiger partial charge in [0.15, 0.2) is 0 Å². The number of primary sulfonamides is 1. The number of nitrogens with two attached hydrogens (primary N) is 1. The Labute approximate surface area is 112 Å². The summed E-state index contributed by atoms with van der Waals surface area (Å²) in [6, 6.07) is 6.03. The molecule has 0 atom stereocenters. The zero-order chi connectivity index (χ0) is 13.9. The van der Waals surface area contributed by atoms with Crippen LogP contribution < -0.4 is 9.88 Å². The van der Waals surface area contributed by atoms with Gasteiger partial charge >= 0.3 is 0 Å². The Morgan fingerprint density at radius 3 is 2.47 bits per heavy atom. The van der Waals surface area contributed by atoms with Gasteiger partial charge in [0.25, 0.3) is 0 Å².